The van der Waals surface area contributed by atoms with E-state index in [9.17, 15) is 14.9 Å². The van der Waals surface area contributed by atoms with Gasteiger partial charge >= 0.3 is 0 Å². The van der Waals surface area contributed by atoms with Gasteiger partial charge in [0.15, 0.2) is 6.61 Å². The number of rotatable bonds is 7. The molecule has 0 bridgehead atoms. The highest BCUT2D eigenvalue weighted by Crippen LogP contribution is 2.22. The molecule has 0 heterocycles. The maximum atomic E-state index is 11.7. The number of nitro groups is 1. The SMILES string of the molecule is Cc1cc(OCC(=O)NCCc2ccccc2)ccc1[N+](=O)[O-]. The lowest BCUT2D eigenvalue weighted by Crippen LogP contribution is -2.30. The highest BCUT2D eigenvalue weighted by molar-refractivity contribution is 5.77. The number of hydrogen-bond donors (Lipinski definition) is 1. The molecule has 0 aromatic heterocycles. The molecule has 0 saturated heterocycles. The molecular formula is C17H18N2O4. The summed E-state index contributed by atoms with van der Waals surface area (Å²) < 4.78 is 5.35. The van der Waals surface area contributed by atoms with Gasteiger partial charge in [-0.1, -0.05) is 30.3 Å². The van der Waals surface area contributed by atoms with E-state index in [-0.39, 0.29) is 18.2 Å². The van der Waals surface area contributed by atoms with Crippen molar-refractivity contribution in [3.05, 3.63) is 69.8 Å². The summed E-state index contributed by atoms with van der Waals surface area (Å²) in [5.74, 6) is 0.211. The summed E-state index contributed by atoms with van der Waals surface area (Å²) in [6.45, 7) is 2.04. The number of carbonyl (C=O) groups excluding carboxylic acids is 1. The van der Waals surface area contributed by atoms with E-state index in [0.717, 1.165) is 12.0 Å². The third-order valence-corrected chi connectivity index (χ3v) is 3.31. The van der Waals surface area contributed by atoms with Crippen molar-refractivity contribution in [2.45, 2.75) is 13.3 Å². The Morgan fingerprint density at radius 3 is 2.61 bits per heavy atom. The summed E-state index contributed by atoms with van der Waals surface area (Å²) in [5.41, 5.74) is 1.68. The topological polar surface area (TPSA) is 81.5 Å². The van der Waals surface area contributed by atoms with Gasteiger partial charge in [0.25, 0.3) is 11.6 Å². The second-order valence-electron chi connectivity index (χ2n) is 5.08. The fourth-order valence-electron chi connectivity index (χ4n) is 2.11. The number of nitrogens with one attached hydrogen (secondary N) is 1. The van der Waals surface area contributed by atoms with Crippen LogP contribution < -0.4 is 10.1 Å². The van der Waals surface area contributed by atoms with Crippen molar-refractivity contribution in [3.8, 4) is 5.75 Å². The van der Waals surface area contributed by atoms with Gasteiger partial charge in [0.1, 0.15) is 5.75 Å². The van der Waals surface area contributed by atoms with Crippen LogP contribution in [0.5, 0.6) is 5.75 Å². The molecule has 1 N–H and O–H groups in total. The van der Waals surface area contributed by atoms with Crippen LogP contribution in [-0.2, 0) is 11.2 Å². The fraction of sp³-hybridized carbons (Fsp3) is 0.235. The quantitative estimate of drug-likeness (QED) is 0.629. The maximum Gasteiger partial charge on any atom is 0.272 e. The summed E-state index contributed by atoms with van der Waals surface area (Å²) >= 11 is 0. The molecule has 0 aliphatic heterocycles. The van der Waals surface area contributed by atoms with Crippen LogP contribution in [-0.4, -0.2) is 24.0 Å². The van der Waals surface area contributed by atoms with Gasteiger partial charge in [0.05, 0.1) is 4.92 Å². The Bertz CT molecular complexity index is 686. The minimum absolute atomic E-state index is 0.0321. The van der Waals surface area contributed by atoms with Crippen LogP contribution >= 0.6 is 0 Å². The van der Waals surface area contributed by atoms with Crippen LogP contribution in [0.2, 0.25) is 0 Å². The van der Waals surface area contributed by atoms with E-state index in [1.165, 1.54) is 12.1 Å². The maximum absolute atomic E-state index is 11.7. The smallest absolute Gasteiger partial charge is 0.272 e. The first kappa shape index (κ1) is 16.5. The van der Waals surface area contributed by atoms with Gasteiger partial charge in [0, 0.05) is 18.2 Å². The van der Waals surface area contributed by atoms with Gasteiger partial charge in [-0.3, -0.25) is 14.9 Å². The molecule has 0 spiro atoms. The largest absolute Gasteiger partial charge is 0.484 e. The molecular weight excluding hydrogens is 296 g/mol. The molecule has 120 valence electrons. The van der Waals surface area contributed by atoms with Gasteiger partial charge in [-0.25, -0.2) is 0 Å². The lowest BCUT2D eigenvalue weighted by molar-refractivity contribution is -0.385. The van der Waals surface area contributed by atoms with Crippen molar-refractivity contribution in [2.24, 2.45) is 0 Å². The predicted molar refractivity (Wildman–Crippen MR) is 86.5 cm³/mol. The summed E-state index contributed by atoms with van der Waals surface area (Å²) in [7, 11) is 0. The molecule has 0 saturated carbocycles. The van der Waals surface area contributed by atoms with Gasteiger partial charge in [-0.05, 0) is 31.0 Å². The molecule has 2 aromatic rings. The molecule has 0 aliphatic rings. The molecule has 6 nitrogen and oxygen atoms in total. The zero-order valence-electron chi connectivity index (χ0n) is 12.8. The first-order valence-corrected chi connectivity index (χ1v) is 7.25. The van der Waals surface area contributed by atoms with Crippen molar-refractivity contribution in [1.29, 1.82) is 0 Å². The van der Waals surface area contributed by atoms with Crippen molar-refractivity contribution in [2.75, 3.05) is 13.2 Å². The van der Waals surface area contributed by atoms with Gasteiger partial charge in [-0.2, -0.15) is 0 Å². The van der Waals surface area contributed by atoms with Gasteiger partial charge < -0.3 is 10.1 Å². The highest BCUT2D eigenvalue weighted by atomic mass is 16.6. The molecule has 6 heteroatoms. The molecule has 2 aromatic carbocycles. The molecule has 23 heavy (non-hydrogen) atoms. The van der Waals surface area contributed by atoms with Crippen LogP contribution in [0.25, 0.3) is 0 Å². The van der Waals surface area contributed by atoms with E-state index in [4.69, 9.17) is 4.74 Å². The number of amides is 1. The third kappa shape index (κ3) is 5.10. The number of carbonyl (C=O) groups is 1. The van der Waals surface area contributed by atoms with Gasteiger partial charge in [-0.15, -0.1) is 0 Å². The Kier molecular flexibility index (Phi) is 5.68. The second kappa shape index (κ2) is 7.93. The van der Waals surface area contributed by atoms with Crippen molar-refractivity contribution < 1.29 is 14.5 Å². The van der Waals surface area contributed by atoms with E-state index >= 15 is 0 Å². The first-order chi connectivity index (χ1) is 11.1. The Morgan fingerprint density at radius 1 is 1.22 bits per heavy atom. The standard InChI is InChI=1S/C17H18N2O4/c1-13-11-15(7-8-16(13)19(21)22)23-12-17(20)18-10-9-14-5-3-2-4-6-14/h2-8,11H,9-10,12H2,1H3,(H,18,20). The van der Waals surface area contributed by atoms with Crippen LogP contribution in [0.1, 0.15) is 11.1 Å². The number of ether oxygens (including phenoxy) is 1. The van der Waals surface area contributed by atoms with E-state index in [1.54, 1.807) is 13.0 Å². The van der Waals surface area contributed by atoms with E-state index in [2.05, 4.69) is 5.32 Å². The number of benzene rings is 2. The fourth-order valence-corrected chi connectivity index (χ4v) is 2.11. The highest BCUT2D eigenvalue weighted by Gasteiger charge is 2.11. The molecule has 0 fully saturated rings. The van der Waals surface area contributed by atoms with Crippen LogP contribution in [0.4, 0.5) is 5.69 Å². The van der Waals surface area contributed by atoms with Crippen LogP contribution in [0.15, 0.2) is 48.5 Å². The summed E-state index contributed by atoms with van der Waals surface area (Å²) in [4.78, 5) is 22.0. The Balaban J connectivity index is 1.76. The first-order valence-electron chi connectivity index (χ1n) is 7.25. The number of hydrogen-bond acceptors (Lipinski definition) is 4. The molecule has 0 radical (unpaired) electrons. The zero-order valence-corrected chi connectivity index (χ0v) is 12.8. The van der Waals surface area contributed by atoms with Crippen molar-refractivity contribution >= 4 is 11.6 Å². The van der Waals surface area contributed by atoms with Crippen LogP contribution in [0.3, 0.4) is 0 Å². The minimum atomic E-state index is -0.449. The predicted octanol–water partition coefficient (Wildman–Crippen LogP) is 2.64. The van der Waals surface area contributed by atoms with E-state index in [0.29, 0.717) is 17.9 Å². The number of nitro benzene ring substituents is 1. The normalized spacial score (nSPS) is 10.1. The van der Waals surface area contributed by atoms with Gasteiger partial charge in [0.2, 0.25) is 0 Å². The van der Waals surface area contributed by atoms with E-state index < -0.39 is 4.92 Å². The summed E-state index contributed by atoms with van der Waals surface area (Å²) in [5, 5.41) is 13.5. The average molecular weight is 314 g/mol. The lowest BCUT2D eigenvalue weighted by atomic mass is 10.1. The number of aryl methyl sites for hydroxylation is 1. The molecule has 2 rings (SSSR count). The Labute approximate surface area is 134 Å². The minimum Gasteiger partial charge on any atom is -0.484 e. The van der Waals surface area contributed by atoms with Crippen molar-refractivity contribution in [3.63, 3.8) is 0 Å². The van der Waals surface area contributed by atoms with Crippen LogP contribution in [0, 0.1) is 17.0 Å². The molecule has 1 amide bonds. The Morgan fingerprint density at radius 2 is 1.96 bits per heavy atom. The Hall–Kier alpha value is -2.89. The molecule has 0 unspecified atom stereocenters. The summed E-state index contributed by atoms with van der Waals surface area (Å²) in [6, 6.07) is 14.3. The van der Waals surface area contributed by atoms with E-state index in [1.807, 2.05) is 30.3 Å². The average Bonchev–Trinajstić information content (AvgIpc) is 2.53. The monoisotopic (exact) mass is 314 g/mol. The second-order valence-corrected chi connectivity index (χ2v) is 5.08. The van der Waals surface area contributed by atoms with Crippen molar-refractivity contribution in [1.82, 2.24) is 5.32 Å². The zero-order chi connectivity index (χ0) is 16.7. The molecule has 0 aliphatic carbocycles. The lowest BCUT2D eigenvalue weighted by Gasteiger charge is -2.08. The third-order valence-electron chi connectivity index (χ3n) is 3.31. The molecule has 0 atom stereocenters. The summed E-state index contributed by atoms with van der Waals surface area (Å²) in [6.07, 6.45) is 0.753. The number of nitrogens with zero attached hydrogens (tertiary/aromatic N) is 1.